The van der Waals surface area contributed by atoms with E-state index in [9.17, 15) is 20.1 Å². The molecule has 0 heterocycles. The van der Waals surface area contributed by atoms with E-state index in [1.165, 1.54) is 12.7 Å². The summed E-state index contributed by atoms with van der Waals surface area (Å²) in [7, 11) is 1.25. The molecule has 36 heavy (non-hydrogen) atoms. The zero-order chi connectivity index (χ0) is 26.9. The molecule has 0 aromatic carbocycles. The Labute approximate surface area is 216 Å². The summed E-state index contributed by atoms with van der Waals surface area (Å²) in [5.41, 5.74) is 2.02. The zero-order valence-corrected chi connectivity index (χ0v) is 22.9. The highest BCUT2D eigenvalue weighted by molar-refractivity contribution is 5.60. The highest BCUT2D eigenvalue weighted by Crippen LogP contribution is 2.62. The van der Waals surface area contributed by atoms with Crippen molar-refractivity contribution in [2.75, 3.05) is 7.11 Å². The molecule has 3 aliphatic carbocycles. The third kappa shape index (κ3) is 5.98. The molecule has 0 unspecified atom stereocenters. The van der Waals surface area contributed by atoms with E-state index in [0.29, 0.717) is 24.7 Å². The number of ether oxygens (including phenoxy) is 2. The molecule has 6 atom stereocenters. The van der Waals surface area contributed by atoms with Crippen LogP contribution in [0.15, 0.2) is 47.6 Å². The molecule has 0 aromatic heterocycles. The van der Waals surface area contributed by atoms with Crippen LogP contribution in [-0.2, 0) is 9.47 Å². The number of carbonyl (C=O) groups excluding carboxylic acids is 1. The molecule has 0 spiro atoms. The minimum atomic E-state index is -1.10. The van der Waals surface area contributed by atoms with Crippen LogP contribution in [0.2, 0.25) is 0 Å². The highest BCUT2D eigenvalue weighted by Gasteiger charge is 2.53. The maximum Gasteiger partial charge on any atom is 0.508 e. The maximum absolute atomic E-state index is 11.6. The number of hydrogen-bond donors (Lipinski definition) is 3. The van der Waals surface area contributed by atoms with Gasteiger partial charge in [-0.3, -0.25) is 0 Å². The van der Waals surface area contributed by atoms with Crippen LogP contribution in [0.3, 0.4) is 0 Å². The first-order chi connectivity index (χ1) is 16.7. The predicted molar refractivity (Wildman–Crippen MR) is 141 cm³/mol. The Morgan fingerprint density at radius 2 is 1.89 bits per heavy atom. The molecule has 0 bridgehead atoms. The van der Waals surface area contributed by atoms with Gasteiger partial charge in [0, 0.05) is 6.42 Å². The summed E-state index contributed by atoms with van der Waals surface area (Å²) < 4.78 is 9.83. The van der Waals surface area contributed by atoms with E-state index < -0.39 is 30.1 Å². The molecule has 0 amide bonds. The van der Waals surface area contributed by atoms with Crippen molar-refractivity contribution in [1.29, 1.82) is 0 Å². The summed E-state index contributed by atoms with van der Waals surface area (Å²) >= 11 is 0. The summed E-state index contributed by atoms with van der Waals surface area (Å²) in [6, 6.07) is 0. The lowest BCUT2D eigenvalue weighted by Gasteiger charge is -2.47. The SMILES string of the molecule is C=C1/C(=C\C=C2/CCC[C@]3(C)[C@@H](C(C)(C)/C=C/[C@@H](O)C(C)(C)OC(=O)OC)CC[C@@H]23)C[C@@H](O)C[C@@H]1O. The molecule has 0 aliphatic heterocycles. The van der Waals surface area contributed by atoms with Crippen LogP contribution < -0.4 is 0 Å². The van der Waals surface area contributed by atoms with Crippen LogP contribution in [-0.4, -0.2) is 52.5 Å². The van der Waals surface area contributed by atoms with Crippen LogP contribution in [0.5, 0.6) is 0 Å². The van der Waals surface area contributed by atoms with Crippen molar-refractivity contribution in [2.24, 2.45) is 22.7 Å². The Morgan fingerprint density at radius 3 is 2.56 bits per heavy atom. The van der Waals surface area contributed by atoms with Crippen molar-refractivity contribution in [3.63, 3.8) is 0 Å². The summed E-state index contributed by atoms with van der Waals surface area (Å²) in [5, 5.41) is 31.0. The number of allylic oxidation sites excluding steroid dienone is 4. The van der Waals surface area contributed by atoms with E-state index in [4.69, 9.17) is 4.74 Å². The van der Waals surface area contributed by atoms with Gasteiger partial charge in [0.15, 0.2) is 0 Å². The molecule has 0 saturated heterocycles. The van der Waals surface area contributed by atoms with Gasteiger partial charge in [0.25, 0.3) is 0 Å². The van der Waals surface area contributed by atoms with E-state index in [1.54, 1.807) is 19.9 Å². The Bertz CT molecular complexity index is 926. The van der Waals surface area contributed by atoms with Crippen molar-refractivity contribution in [1.82, 2.24) is 0 Å². The fraction of sp³-hybridized carbons (Fsp3) is 0.700. The fourth-order valence-corrected chi connectivity index (χ4v) is 6.93. The van der Waals surface area contributed by atoms with Crippen LogP contribution in [0, 0.1) is 22.7 Å². The van der Waals surface area contributed by atoms with E-state index in [0.717, 1.165) is 43.3 Å². The standard InChI is InChI=1S/C30H46O6/c1-19-21(17-22(31)18-24(19)32)11-10-20-9-8-15-30(6)23(20)12-13-25(30)28(2,3)16-14-26(33)29(4,5)36-27(34)35-7/h10-11,14,16,22-26,31-33H,1,8-9,12-13,15,17-18H2,2-7H3/b16-14+,20-10+,21-11-/t22-,23+,24+,25-,26-,30+/m1/s1. The Balaban J connectivity index is 1.78. The van der Waals surface area contributed by atoms with Gasteiger partial charge in [0.05, 0.1) is 19.3 Å². The molecular weight excluding hydrogens is 456 g/mol. The Hall–Kier alpha value is -1.89. The van der Waals surface area contributed by atoms with Crippen molar-refractivity contribution in [2.45, 2.75) is 103 Å². The van der Waals surface area contributed by atoms with Gasteiger partial charge < -0.3 is 24.8 Å². The van der Waals surface area contributed by atoms with E-state index in [1.807, 2.05) is 0 Å². The highest BCUT2D eigenvalue weighted by atomic mass is 16.7. The summed E-state index contributed by atoms with van der Waals surface area (Å²) in [6.45, 7) is 14.3. The second-order valence-electron chi connectivity index (χ2n) is 12.4. The second kappa shape index (κ2) is 10.8. The van der Waals surface area contributed by atoms with Crippen molar-refractivity contribution in [3.05, 3.63) is 47.6 Å². The number of aliphatic hydroxyl groups excluding tert-OH is 3. The summed E-state index contributed by atoms with van der Waals surface area (Å²) in [5.74, 6) is 0.921. The third-order valence-electron chi connectivity index (χ3n) is 9.06. The normalized spacial score (nSPS) is 34.8. The molecule has 3 N–H and O–H groups in total. The van der Waals surface area contributed by atoms with E-state index in [-0.39, 0.29) is 10.8 Å². The van der Waals surface area contributed by atoms with E-state index >= 15 is 0 Å². The van der Waals surface area contributed by atoms with Gasteiger partial charge in [-0.15, -0.1) is 0 Å². The number of hydrogen-bond acceptors (Lipinski definition) is 6. The predicted octanol–water partition coefficient (Wildman–Crippen LogP) is 5.63. The monoisotopic (exact) mass is 502 g/mol. The number of carbonyl (C=O) groups is 1. The molecule has 6 heteroatoms. The summed E-state index contributed by atoms with van der Waals surface area (Å²) in [6.07, 6.45) is 11.7. The smallest absolute Gasteiger partial charge is 0.438 e. The van der Waals surface area contributed by atoms with Gasteiger partial charge in [-0.25, -0.2) is 4.79 Å². The molecule has 0 aromatic rings. The first kappa shape index (κ1) is 28.7. The second-order valence-corrected chi connectivity index (χ2v) is 12.4. The largest absolute Gasteiger partial charge is 0.508 e. The van der Waals surface area contributed by atoms with Gasteiger partial charge in [-0.1, -0.05) is 57.2 Å². The maximum atomic E-state index is 11.6. The van der Waals surface area contributed by atoms with Gasteiger partial charge in [-0.2, -0.15) is 0 Å². The quantitative estimate of drug-likeness (QED) is 0.322. The molecule has 3 aliphatic rings. The first-order valence-electron chi connectivity index (χ1n) is 13.3. The van der Waals surface area contributed by atoms with Crippen molar-refractivity contribution < 1.29 is 29.6 Å². The molecule has 202 valence electrons. The topological polar surface area (TPSA) is 96.2 Å². The lowest BCUT2D eigenvalue weighted by atomic mass is 9.57. The van der Waals surface area contributed by atoms with Gasteiger partial charge in [0.1, 0.15) is 11.7 Å². The number of fused-ring (bicyclic) bond motifs is 1. The fourth-order valence-electron chi connectivity index (χ4n) is 6.93. The average Bonchev–Trinajstić information content (AvgIpc) is 3.16. The zero-order valence-electron chi connectivity index (χ0n) is 22.9. The van der Waals surface area contributed by atoms with Gasteiger partial charge in [0.2, 0.25) is 0 Å². The molecule has 3 rings (SSSR count). The minimum Gasteiger partial charge on any atom is -0.438 e. The average molecular weight is 503 g/mol. The Morgan fingerprint density at radius 1 is 1.19 bits per heavy atom. The number of rotatable bonds is 6. The van der Waals surface area contributed by atoms with Crippen LogP contribution in [0.4, 0.5) is 4.79 Å². The molecule has 0 radical (unpaired) electrons. The third-order valence-corrected chi connectivity index (χ3v) is 9.06. The molecule has 6 nitrogen and oxygen atoms in total. The molecule has 3 fully saturated rings. The lowest BCUT2D eigenvalue weighted by Crippen LogP contribution is -2.41. The van der Waals surface area contributed by atoms with Gasteiger partial charge >= 0.3 is 6.16 Å². The van der Waals surface area contributed by atoms with Crippen LogP contribution in [0.1, 0.15) is 79.6 Å². The first-order valence-corrected chi connectivity index (χ1v) is 13.3. The number of methoxy groups -OCH3 is 1. The van der Waals surface area contributed by atoms with Crippen LogP contribution in [0.25, 0.3) is 0 Å². The van der Waals surface area contributed by atoms with E-state index in [2.05, 4.69) is 50.3 Å². The van der Waals surface area contributed by atoms with Crippen molar-refractivity contribution >= 4 is 6.16 Å². The van der Waals surface area contributed by atoms with Gasteiger partial charge in [-0.05, 0) is 86.2 Å². The Kier molecular flexibility index (Phi) is 8.64. The van der Waals surface area contributed by atoms with Crippen LogP contribution >= 0.6 is 0 Å². The minimum absolute atomic E-state index is 0.141. The van der Waals surface area contributed by atoms with Crippen molar-refractivity contribution in [3.8, 4) is 0 Å². The lowest BCUT2D eigenvalue weighted by molar-refractivity contribution is -0.0619. The molecular formula is C30H46O6. The summed E-state index contributed by atoms with van der Waals surface area (Å²) in [4.78, 5) is 11.6. The molecule has 3 saturated carbocycles. The number of aliphatic hydroxyl groups is 3.